The molecule has 2 atom stereocenters. The maximum absolute atomic E-state index is 9.55. The van der Waals surface area contributed by atoms with Crippen LogP contribution in [-0.2, 0) is 6.54 Å². The number of aromatic nitrogens is 2. The van der Waals surface area contributed by atoms with Crippen LogP contribution in [0, 0.1) is 0 Å². The molecule has 2 heterocycles. The maximum Gasteiger partial charge on any atom is 0.247 e. The first-order valence-electron chi connectivity index (χ1n) is 7.62. The van der Waals surface area contributed by atoms with E-state index in [1.165, 1.54) is 0 Å². The van der Waals surface area contributed by atoms with E-state index in [0.717, 1.165) is 24.8 Å². The predicted molar refractivity (Wildman–Crippen MR) is 84.5 cm³/mol. The molecular weight excluding hydrogens is 302 g/mol. The first-order valence-corrected chi connectivity index (χ1v) is 8.00. The molecule has 1 aromatic heterocycles. The highest BCUT2D eigenvalue weighted by Crippen LogP contribution is 2.26. The summed E-state index contributed by atoms with van der Waals surface area (Å²) < 4.78 is 5.76. The van der Waals surface area contributed by atoms with Crippen LogP contribution >= 0.6 is 11.6 Å². The van der Waals surface area contributed by atoms with Crippen LogP contribution in [0.25, 0.3) is 11.5 Å². The van der Waals surface area contributed by atoms with Gasteiger partial charge in [0, 0.05) is 22.7 Å². The molecule has 6 heteroatoms. The van der Waals surface area contributed by atoms with Crippen LogP contribution in [0.4, 0.5) is 0 Å². The van der Waals surface area contributed by atoms with Gasteiger partial charge in [-0.2, -0.15) is 0 Å². The average Bonchev–Trinajstić information content (AvgIpc) is 2.98. The summed E-state index contributed by atoms with van der Waals surface area (Å²) in [6, 6.07) is 7.91. The molecule has 3 rings (SSSR count). The van der Waals surface area contributed by atoms with Gasteiger partial charge in [0.2, 0.25) is 11.8 Å². The van der Waals surface area contributed by atoms with Gasteiger partial charge in [-0.05, 0) is 44.0 Å². The second-order valence-electron chi connectivity index (χ2n) is 5.80. The summed E-state index contributed by atoms with van der Waals surface area (Å²) in [4.78, 5) is 2.25. The van der Waals surface area contributed by atoms with E-state index in [0.29, 0.717) is 29.4 Å². The second kappa shape index (κ2) is 6.77. The number of piperidine rings is 1. The monoisotopic (exact) mass is 321 g/mol. The van der Waals surface area contributed by atoms with Crippen molar-refractivity contribution < 1.29 is 9.52 Å². The number of nitrogens with zero attached hydrogens (tertiary/aromatic N) is 3. The number of aliphatic hydroxyl groups excluding tert-OH is 1. The van der Waals surface area contributed by atoms with E-state index in [1.54, 1.807) is 12.1 Å². The Morgan fingerprint density at radius 1 is 1.27 bits per heavy atom. The van der Waals surface area contributed by atoms with Crippen molar-refractivity contribution in [3.63, 3.8) is 0 Å². The van der Waals surface area contributed by atoms with Gasteiger partial charge < -0.3 is 9.52 Å². The summed E-state index contributed by atoms with van der Waals surface area (Å²) >= 11 is 5.88. The SMILES string of the molecule is CC1CCCC(CO)N1Cc1nnc(-c2ccc(Cl)cc2)o1. The number of hydrogen-bond donors (Lipinski definition) is 1. The lowest BCUT2D eigenvalue weighted by atomic mass is 9.97. The topological polar surface area (TPSA) is 62.4 Å². The average molecular weight is 322 g/mol. The highest BCUT2D eigenvalue weighted by Gasteiger charge is 2.28. The molecule has 1 aliphatic heterocycles. The Hall–Kier alpha value is -1.43. The molecule has 22 heavy (non-hydrogen) atoms. The number of halogens is 1. The molecule has 0 amide bonds. The Morgan fingerprint density at radius 3 is 2.77 bits per heavy atom. The molecule has 0 aliphatic carbocycles. The van der Waals surface area contributed by atoms with E-state index in [-0.39, 0.29) is 12.6 Å². The Kier molecular flexibility index (Phi) is 4.76. The molecule has 0 radical (unpaired) electrons. The zero-order valence-electron chi connectivity index (χ0n) is 12.6. The molecular formula is C16H20ClN3O2. The van der Waals surface area contributed by atoms with E-state index in [1.807, 2.05) is 12.1 Å². The predicted octanol–water partition coefficient (Wildman–Crippen LogP) is 3.13. The fraction of sp³-hybridized carbons (Fsp3) is 0.500. The minimum Gasteiger partial charge on any atom is -0.419 e. The van der Waals surface area contributed by atoms with E-state index < -0.39 is 0 Å². The normalized spacial score (nSPS) is 22.9. The van der Waals surface area contributed by atoms with E-state index in [2.05, 4.69) is 22.0 Å². The van der Waals surface area contributed by atoms with E-state index >= 15 is 0 Å². The van der Waals surface area contributed by atoms with Crippen LogP contribution in [0.5, 0.6) is 0 Å². The lowest BCUT2D eigenvalue weighted by Crippen LogP contribution is -2.46. The van der Waals surface area contributed by atoms with Crippen LogP contribution in [0.3, 0.4) is 0 Å². The van der Waals surface area contributed by atoms with Crippen LogP contribution in [-0.4, -0.2) is 38.9 Å². The van der Waals surface area contributed by atoms with Crippen LogP contribution in [0.2, 0.25) is 5.02 Å². The van der Waals surface area contributed by atoms with Crippen molar-refractivity contribution in [1.82, 2.24) is 15.1 Å². The molecule has 1 fully saturated rings. The largest absolute Gasteiger partial charge is 0.419 e. The molecule has 1 aliphatic rings. The van der Waals surface area contributed by atoms with Gasteiger partial charge in [0.1, 0.15) is 0 Å². The Morgan fingerprint density at radius 2 is 2.05 bits per heavy atom. The van der Waals surface area contributed by atoms with Crippen molar-refractivity contribution >= 4 is 11.6 Å². The Balaban J connectivity index is 1.74. The molecule has 0 bridgehead atoms. The minimum absolute atomic E-state index is 0.169. The fourth-order valence-electron chi connectivity index (χ4n) is 3.00. The molecule has 1 aromatic carbocycles. The Labute approximate surface area is 134 Å². The zero-order chi connectivity index (χ0) is 15.5. The van der Waals surface area contributed by atoms with Gasteiger partial charge in [0.05, 0.1) is 13.2 Å². The van der Waals surface area contributed by atoms with Gasteiger partial charge in [-0.25, -0.2) is 0 Å². The van der Waals surface area contributed by atoms with Gasteiger partial charge in [-0.3, -0.25) is 4.90 Å². The van der Waals surface area contributed by atoms with Crippen LogP contribution in [0.1, 0.15) is 32.1 Å². The molecule has 0 saturated carbocycles. The molecule has 1 N–H and O–H groups in total. The van der Waals surface area contributed by atoms with Gasteiger partial charge in [0.25, 0.3) is 0 Å². The van der Waals surface area contributed by atoms with Crippen molar-refractivity contribution in [2.45, 2.75) is 44.8 Å². The summed E-state index contributed by atoms with van der Waals surface area (Å²) in [6.45, 7) is 2.92. The van der Waals surface area contributed by atoms with Crippen molar-refractivity contribution in [2.24, 2.45) is 0 Å². The third-order valence-corrected chi connectivity index (χ3v) is 4.53. The van der Waals surface area contributed by atoms with E-state index in [4.69, 9.17) is 16.0 Å². The molecule has 2 unspecified atom stereocenters. The lowest BCUT2D eigenvalue weighted by Gasteiger charge is -2.38. The highest BCUT2D eigenvalue weighted by molar-refractivity contribution is 6.30. The molecule has 1 saturated heterocycles. The smallest absolute Gasteiger partial charge is 0.247 e. The van der Waals surface area contributed by atoms with Gasteiger partial charge in [0.15, 0.2) is 0 Å². The molecule has 118 valence electrons. The fourth-order valence-corrected chi connectivity index (χ4v) is 3.13. The zero-order valence-corrected chi connectivity index (χ0v) is 13.3. The summed E-state index contributed by atoms with van der Waals surface area (Å²) in [5.74, 6) is 1.08. The third-order valence-electron chi connectivity index (χ3n) is 4.28. The van der Waals surface area contributed by atoms with Crippen molar-refractivity contribution in [2.75, 3.05) is 6.61 Å². The number of likely N-dealkylation sites (tertiary alicyclic amines) is 1. The quantitative estimate of drug-likeness (QED) is 0.937. The van der Waals surface area contributed by atoms with Crippen molar-refractivity contribution in [1.29, 1.82) is 0 Å². The Bertz CT molecular complexity index is 614. The maximum atomic E-state index is 9.55. The number of aliphatic hydroxyl groups is 1. The van der Waals surface area contributed by atoms with Crippen molar-refractivity contribution in [3.05, 3.63) is 35.2 Å². The first-order chi connectivity index (χ1) is 10.7. The third kappa shape index (κ3) is 3.32. The first kappa shape index (κ1) is 15.5. The van der Waals surface area contributed by atoms with Crippen LogP contribution in [0.15, 0.2) is 28.7 Å². The van der Waals surface area contributed by atoms with Gasteiger partial charge in [-0.15, -0.1) is 10.2 Å². The summed E-state index contributed by atoms with van der Waals surface area (Å²) in [7, 11) is 0. The van der Waals surface area contributed by atoms with Gasteiger partial charge >= 0.3 is 0 Å². The standard InChI is InChI=1S/C16H20ClN3O2/c1-11-3-2-4-14(10-21)20(11)9-15-18-19-16(22-15)12-5-7-13(17)8-6-12/h5-8,11,14,21H,2-4,9-10H2,1H3. The molecule has 5 nitrogen and oxygen atoms in total. The van der Waals surface area contributed by atoms with E-state index in [9.17, 15) is 5.11 Å². The number of hydrogen-bond acceptors (Lipinski definition) is 5. The summed E-state index contributed by atoms with van der Waals surface area (Å²) in [5.41, 5.74) is 0.855. The number of rotatable bonds is 4. The lowest BCUT2D eigenvalue weighted by molar-refractivity contribution is 0.0386. The minimum atomic E-state index is 0.169. The molecule has 0 spiro atoms. The summed E-state index contributed by atoms with van der Waals surface area (Å²) in [5, 5.41) is 18.5. The molecule has 2 aromatic rings. The highest BCUT2D eigenvalue weighted by atomic mass is 35.5. The summed E-state index contributed by atoms with van der Waals surface area (Å²) in [6.07, 6.45) is 3.30. The van der Waals surface area contributed by atoms with Gasteiger partial charge in [-0.1, -0.05) is 18.0 Å². The van der Waals surface area contributed by atoms with Crippen molar-refractivity contribution in [3.8, 4) is 11.5 Å². The second-order valence-corrected chi connectivity index (χ2v) is 6.23. The number of benzene rings is 1. The van der Waals surface area contributed by atoms with Crippen LogP contribution < -0.4 is 0 Å².